The molecule has 172 valence electrons. The number of pyridine rings is 1. The molecule has 0 spiro atoms. The number of anilines is 1. The molecule has 0 radical (unpaired) electrons. The lowest BCUT2D eigenvalue weighted by Crippen LogP contribution is -2.47. The van der Waals surface area contributed by atoms with Crippen molar-refractivity contribution in [1.82, 2.24) is 9.88 Å². The molecule has 3 amide bonds. The number of fused-ring (bicyclic) bond motifs is 1. The van der Waals surface area contributed by atoms with Crippen LogP contribution < -0.4 is 9.64 Å². The highest BCUT2D eigenvalue weighted by molar-refractivity contribution is 6.33. The average Bonchev–Trinajstić information content (AvgIpc) is 3.15. The van der Waals surface area contributed by atoms with Crippen molar-refractivity contribution >= 4 is 40.8 Å². The predicted molar refractivity (Wildman–Crippen MR) is 111 cm³/mol. The van der Waals surface area contributed by atoms with Crippen molar-refractivity contribution in [1.29, 1.82) is 0 Å². The molecule has 1 aromatic carbocycles. The number of ether oxygens (including phenoxy) is 1. The lowest BCUT2D eigenvalue weighted by Gasteiger charge is -2.28. The van der Waals surface area contributed by atoms with Crippen molar-refractivity contribution in [3.05, 3.63) is 62.7 Å². The van der Waals surface area contributed by atoms with Crippen LogP contribution >= 0.6 is 23.2 Å². The summed E-state index contributed by atoms with van der Waals surface area (Å²) in [7, 11) is 0. The van der Waals surface area contributed by atoms with E-state index in [1.807, 2.05) is 0 Å². The number of halogens is 5. The summed E-state index contributed by atoms with van der Waals surface area (Å²) in [5.74, 6) is -1.02. The Bertz CT molecular complexity index is 1150. The van der Waals surface area contributed by atoms with Gasteiger partial charge in [-0.15, -0.1) is 13.2 Å². The lowest BCUT2D eigenvalue weighted by atomic mass is 9.87. The van der Waals surface area contributed by atoms with Gasteiger partial charge in [0.25, 0.3) is 5.91 Å². The summed E-state index contributed by atoms with van der Waals surface area (Å²) in [5.41, 5.74) is 8.02. The Hall–Kier alpha value is -3.21. The first-order chi connectivity index (χ1) is 15.5. The van der Waals surface area contributed by atoms with Crippen molar-refractivity contribution in [2.45, 2.75) is 30.8 Å². The van der Waals surface area contributed by atoms with Crippen LogP contribution in [0, 0.1) is 0 Å². The second-order valence-corrected chi connectivity index (χ2v) is 8.24. The molecule has 33 heavy (non-hydrogen) atoms. The molecule has 2 saturated heterocycles. The minimum atomic E-state index is -4.84. The number of carbonyl (C=O) groups is 2. The summed E-state index contributed by atoms with van der Waals surface area (Å²) < 4.78 is 41.2. The van der Waals surface area contributed by atoms with Crippen molar-refractivity contribution in [2.75, 3.05) is 11.4 Å². The standard InChI is InChI=1S/C19H13Cl2F3N6O3/c20-14-5-12(6-15(21)26-14)30-16(31)18(8-11(27-28-25)9-29(18)17(30)32)7-10-1-3-13(4-2-10)33-19(22,23)24/h1-6,11H,7-9H2/t11-,18+/m0/s1. The summed E-state index contributed by atoms with van der Waals surface area (Å²) in [5, 5.41) is 3.62. The number of hydrogen-bond acceptors (Lipinski definition) is 5. The largest absolute Gasteiger partial charge is 0.573 e. The molecule has 4 rings (SSSR count). The quantitative estimate of drug-likeness (QED) is 0.186. The third-order valence-corrected chi connectivity index (χ3v) is 5.77. The summed E-state index contributed by atoms with van der Waals surface area (Å²) in [6.07, 6.45) is -4.83. The molecule has 0 bridgehead atoms. The number of benzene rings is 1. The molecule has 3 heterocycles. The number of amides is 3. The van der Waals surface area contributed by atoms with Crippen molar-refractivity contribution in [3.8, 4) is 5.75 Å². The fraction of sp³-hybridized carbons (Fsp3) is 0.316. The third kappa shape index (κ3) is 4.37. The lowest BCUT2D eigenvalue weighted by molar-refractivity contribution is -0.274. The Morgan fingerprint density at radius 2 is 1.85 bits per heavy atom. The third-order valence-electron chi connectivity index (χ3n) is 5.38. The van der Waals surface area contributed by atoms with Gasteiger partial charge in [0, 0.05) is 17.9 Å². The first kappa shape index (κ1) is 23.0. The van der Waals surface area contributed by atoms with Gasteiger partial charge in [0.1, 0.15) is 21.6 Å². The zero-order valence-corrected chi connectivity index (χ0v) is 18.0. The Labute approximate surface area is 194 Å². The molecular weight excluding hydrogens is 488 g/mol. The van der Waals surface area contributed by atoms with Crippen LogP contribution in [0.2, 0.25) is 10.3 Å². The van der Waals surface area contributed by atoms with Gasteiger partial charge in [-0.2, -0.15) is 0 Å². The number of azide groups is 1. The number of carbonyl (C=O) groups excluding carboxylic acids is 2. The van der Waals surface area contributed by atoms with Crippen LogP contribution in [0.3, 0.4) is 0 Å². The predicted octanol–water partition coefficient (Wildman–Crippen LogP) is 5.12. The highest BCUT2D eigenvalue weighted by Crippen LogP contribution is 2.43. The second-order valence-electron chi connectivity index (χ2n) is 7.47. The van der Waals surface area contributed by atoms with Crippen LogP contribution in [0.5, 0.6) is 5.75 Å². The first-order valence-electron chi connectivity index (χ1n) is 9.40. The van der Waals surface area contributed by atoms with Gasteiger partial charge in [0.05, 0.1) is 11.7 Å². The molecule has 0 saturated carbocycles. The Balaban J connectivity index is 1.70. The number of alkyl halides is 3. The number of urea groups is 1. The zero-order valence-electron chi connectivity index (χ0n) is 16.5. The first-order valence-corrected chi connectivity index (χ1v) is 10.2. The molecule has 0 unspecified atom stereocenters. The molecule has 2 aliphatic rings. The highest BCUT2D eigenvalue weighted by atomic mass is 35.5. The molecule has 14 heteroatoms. The molecule has 2 fully saturated rings. The number of hydrogen-bond donors (Lipinski definition) is 0. The summed E-state index contributed by atoms with van der Waals surface area (Å²) >= 11 is 11.9. The van der Waals surface area contributed by atoms with E-state index < -0.39 is 35.6 Å². The van der Waals surface area contributed by atoms with E-state index in [2.05, 4.69) is 19.7 Å². The van der Waals surface area contributed by atoms with E-state index >= 15 is 0 Å². The normalized spacial score (nSPS) is 22.4. The Morgan fingerprint density at radius 3 is 2.42 bits per heavy atom. The van der Waals surface area contributed by atoms with E-state index in [1.165, 1.54) is 29.2 Å². The van der Waals surface area contributed by atoms with E-state index in [9.17, 15) is 22.8 Å². The van der Waals surface area contributed by atoms with Gasteiger partial charge >= 0.3 is 12.4 Å². The molecular formula is C19H13Cl2F3N6O3. The van der Waals surface area contributed by atoms with Gasteiger partial charge in [-0.25, -0.2) is 14.7 Å². The van der Waals surface area contributed by atoms with E-state index in [4.69, 9.17) is 28.7 Å². The number of nitrogens with zero attached hydrogens (tertiary/aromatic N) is 6. The number of imide groups is 1. The zero-order chi connectivity index (χ0) is 24.0. The van der Waals surface area contributed by atoms with Gasteiger partial charge in [0.2, 0.25) is 0 Å². The van der Waals surface area contributed by atoms with Crippen molar-refractivity contribution in [2.24, 2.45) is 5.11 Å². The van der Waals surface area contributed by atoms with Crippen LogP contribution in [0.4, 0.5) is 23.7 Å². The fourth-order valence-corrected chi connectivity index (χ4v) is 4.63. The molecule has 0 aliphatic carbocycles. The number of aromatic nitrogens is 1. The SMILES string of the molecule is [N-]=[N+]=N[C@@H]1CN2C(=O)N(c3cc(Cl)nc(Cl)c3)C(=O)[C@@]2(Cc2ccc(OC(F)(F)F)cc2)C1. The highest BCUT2D eigenvalue weighted by Gasteiger charge is 2.62. The van der Waals surface area contributed by atoms with Crippen molar-refractivity contribution < 1.29 is 27.5 Å². The monoisotopic (exact) mass is 500 g/mol. The van der Waals surface area contributed by atoms with E-state index in [1.54, 1.807) is 0 Å². The minimum Gasteiger partial charge on any atom is -0.406 e. The smallest absolute Gasteiger partial charge is 0.406 e. The van der Waals surface area contributed by atoms with Crippen LogP contribution in [-0.4, -0.2) is 46.3 Å². The van der Waals surface area contributed by atoms with Gasteiger partial charge in [-0.05, 0) is 41.8 Å². The Morgan fingerprint density at radius 1 is 1.21 bits per heavy atom. The number of rotatable bonds is 5. The van der Waals surface area contributed by atoms with Gasteiger partial charge < -0.3 is 9.64 Å². The summed E-state index contributed by atoms with van der Waals surface area (Å²) in [6, 6.07) is 6.29. The summed E-state index contributed by atoms with van der Waals surface area (Å²) in [4.78, 5) is 35.6. The minimum absolute atomic E-state index is 0.00699. The molecule has 2 aromatic rings. The average molecular weight is 501 g/mol. The molecule has 2 atom stereocenters. The van der Waals surface area contributed by atoms with Gasteiger partial charge in [0.15, 0.2) is 0 Å². The molecule has 2 aliphatic heterocycles. The van der Waals surface area contributed by atoms with Crippen molar-refractivity contribution in [3.63, 3.8) is 0 Å². The fourth-order valence-electron chi connectivity index (χ4n) is 4.18. The molecule has 9 nitrogen and oxygen atoms in total. The maximum atomic E-state index is 13.6. The topological polar surface area (TPSA) is 112 Å². The van der Waals surface area contributed by atoms with Gasteiger partial charge in [-0.3, -0.25) is 4.79 Å². The molecule has 1 aromatic heterocycles. The van der Waals surface area contributed by atoms with Crippen LogP contribution in [-0.2, 0) is 11.2 Å². The van der Waals surface area contributed by atoms with Crippen LogP contribution in [0.25, 0.3) is 10.4 Å². The Kier molecular flexibility index (Phi) is 5.77. The van der Waals surface area contributed by atoms with E-state index in [0.717, 1.165) is 17.0 Å². The van der Waals surface area contributed by atoms with E-state index in [0.29, 0.717) is 5.56 Å². The van der Waals surface area contributed by atoms with Crippen LogP contribution in [0.15, 0.2) is 41.5 Å². The maximum Gasteiger partial charge on any atom is 0.573 e. The molecule has 0 N–H and O–H groups in total. The second kappa shape index (κ2) is 8.29. The maximum absolute atomic E-state index is 13.6. The van der Waals surface area contributed by atoms with E-state index in [-0.39, 0.29) is 35.4 Å². The van der Waals surface area contributed by atoms with Crippen LogP contribution in [0.1, 0.15) is 12.0 Å². The van der Waals surface area contributed by atoms with Gasteiger partial charge in [-0.1, -0.05) is 40.4 Å². The summed E-state index contributed by atoms with van der Waals surface area (Å²) in [6.45, 7) is -0.00699.